The third-order valence-electron chi connectivity index (χ3n) is 3.08. The first-order chi connectivity index (χ1) is 10.0. The van der Waals surface area contributed by atoms with Crippen molar-refractivity contribution in [3.05, 3.63) is 48.3 Å². The van der Waals surface area contributed by atoms with Crippen molar-refractivity contribution in [3.8, 4) is 0 Å². The van der Waals surface area contributed by atoms with Crippen LogP contribution in [0.5, 0.6) is 0 Å². The third-order valence-corrected chi connectivity index (χ3v) is 5.02. The maximum atomic E-state index is 12.8. The molecule has 21 heavy (non-hydrogen) atoms. The van der Waals surface area contributed by atoms with Crippen LogP contribution in [0.25, 0.3) is 0 Å². The van der Waals surface area contributed by atoms with Crippen LogP contribution in [0.1, 0.15) is 12.5 Å². The number of anilines is 2. The van der Waals surface area contributed by atoms with Gasteiger partial charge in [0.1, 0.15) is 4.90 Å². The number of nitrogens with two attached hydrogens (primary N) is 1. The number of rotatable bonds is 5. The van der Waals surface area contributed by atoms with Crippen LogP contribution in [0, 0.1) is 6.92 Å². The fraction of sp³-hybridized carbons (Fsp3) is 0.214. The molecule has 0 radical (unpaired) electrons. The Bertz CT molecular complexity index is 731. The van der Waals surface area contributed by atoms with Crippen molar-refractivity contribution in [1.29, 1.82) is 0 Å². The van der Waals surface area contributed by atoms with Gasteiger partial charge in [-0.1, -0.05) is 12.1 Å². The molecule has 0 aliphatic heterocycles. The molecule has 2 rings (SSSR count). The summed E-state index contributed by atoms with van der Waals surface area (Å²) in [6.45, 7) is 4.01. The van der Waals surface area contributed by atoms with Crippen molar-refractivity contribution in [2.75, 3.05) is 16.3 Å². The van der Waals surface area contributed by atoms with Crippen LogP contribution >= 0.6 is 0 Å². The highest BCUT2D eigenvalue weighted by Crippen LogP contribution is 2.27. The lowest BCUT2D eigenvalue weighted by atomic mass is 10.2. The van der Waals surface area contributed by atoms with Crippen LogP contribution in [0.15, 0.2) is 47.6 Å². The monoisotopic (exact) mass is 306 g/mol. The van der Waals surface area contributed by atoms with E-state index in [1.54, 1.807) is 13.0 Å². The highest BCUT2D eigenvalue weighted by molar-refractivity contribution is 7.93. The van der Waals surface area contributed by atoms with E-state index >= 15 is 0 Å². The summed E-state index contributed by atoms with van der Waals surface area (Å²) in [7, 11) is -3.74. The molecule has 112 valence electrons. The van der Waals surface area contributed by atoms with Crippen molar-refractivity contribution in [2.45, 2.75) is 18.7 Å². The van der Waals surface area contributed by atoms with Gasteiger partial charge in [-0.25, -0.2) is 8.42 Å². The zero-order chi connectivity index (χ0) is 15.5. The number of nitrogens with zero attached hydrogens (tertiary/aromatic N) is 2. The number of nitrogens with one attached hydrogen (secondary N) is 1. The number of hydrogen-bond donors (Lipinski definition) is 2. The molecule has 0 unspecified atom stereocenters. The van der Waals surface area contributed by atoms with E-state index in [4.69, 9.17) is 5.84 Å². The molecular weight excluding hydrogens is 288 g/mol. The van der Waals surface area contributed by atoms with Gasteiger partial charge in [0.15, 0.2) is 0 Å². The molecule has 0 spiro atoms. The Morgan fingerprint density at radius 2 is 2.10 bits per heavy atom. The molecule has 2 aromatic rings. The van der Waals surface area contributed by atoms with Gasteiger partial charge in [-0.3, -0.25) is 15.1 Å². The SMILES string of the molecule is CCN(c1cccc(C)c1)S(=O)(=O)c1cnccc1NN. The van der Waals surface area contributed by atoms with Gasteiger partial charge in [0.05, 0.1) is 11.4 Å². The van der Waals surface area contributed by atoms with Crippen LogP contribution in [0.2, 0.25) is 0 Å². The molecule has 0 atom stereocenters. The molecule has 6 nitrogen and oxygen atoms in total. The van der Waals surface area contributed by atoms with Crippen molar-refractivity contribution < 1.29 is 8.42 Å². The highest BCUT2D eigenvalue weighted by Gasteiger charge is 2.26. The van der Waals surface area contributed by atoms with Crippen LogP contribution < -0.4 is 15.6 Å². The zero-order valence-electron chi connectivity index (χ0n) is 11.9. The Morgan fingerprint density at radius 3 is 2.71 bits per heavy atom. The van der Waals surface area contributed by atoms with E-state index in [-0.39, 0.29) is 4.90 Å². The number of aryl methyl sites for hydroxylation is 1. The molecule has 0 saturated carbocycles. The standard InChI is InChI=1S/C14H18N4O2S/c1-3-18(12-6-4-5-11(2)9-12)21(19,20)14-10-16-8-7-13(14)17-15/h4-10H,3,15H2,1-2H3,(H,16,17). The first-order valence-electron chi connectivity index (χ1n) is 6.50. The van der Waals surface area contributed by atoms with Gasteiger partial charge in [-0.2, -0.15) is 0 Å². The number of nitrogen functional groups attached to an aromatic ring is 1. The predicted octanol–water partition coefficient (Wildman–Crippen LogP) is 1.89. The average Bonchev–Trinajstić information content (AvgIpc) is 2.47. The number of hydrogen-bond acceptors (Lipinski definition) is 5. The van der Waals surface area contributed by atoms with Gasteiger partial charge in [-0.15, -0.1) is 0 Å². The lowest BCUT2D eigenvalue weighted by Crippen LogP contribution is -2.31. The summed E-state index contributed by atoms with van der Waals surface area (Å²) >= 11 is 0. The Balaban J connectivity index is 2.55. The Morgan fingerprint density at radius 1 is 1.33 bits per heavy atom. The summed E-state index contributed by atoms with van der Waals surface area (Å²) in [6.07, 6.45) is 2.78. The molecule has 0 fully saturated rings. The van der Waals surface area contributed by atoms with E-state index in [9.17, 15) is 8.42 Å². The second-order valence-corrected chi connectivity index (χ2v) is 6.36. The Kier molecular flexibility index (Phi) is 4.44. The van der Waals surface area contributed by atoms with Gasteiger partial charge in [0.25, 0.3) is 10.0 Å². The quantitative estimate of drug-likeness (QED) is 0.650. The van der Waals surface area contributed by atoms with Crippen molar-refractivity contribution in [2.24, 2.45) is 5.84 Å². The maximum absolute atomic E-state index is 12.8. The average molecular weight is 306 g/mol. The van der Waals surface area contributed by atoms with Crippen LogP contribution in [0.4, 0.5) is 11.4 Å². The van der Waals surface area contributed by atoms with E-state index in [0.717, 1.165) is 5.56 Å². The number of sulfonamides is 1. The van der Waals surface area contributed by atoms with Crippen LogP contribution in [0.3, 0.4) is 0 Å². The number of hydrazine groups is 1. The summed E-state index contributed by atoms with van der Waals surface area (Å²) in [5.41, 5.74) is 4.32. The number of aromatic nitrogens is 1. The minimum absolute atomic E-state index is 0.0517. The van der Waals surface area contributed by atoms with E-state index in [1.807, 2.05) is 25.1 Å². The molecular formula is C14H18N4O2S. The van der Waals surface area contributed by atoms with E-state index in [2.05, 4.69) is 10.4 Å². The molecule has 7 heteroatoms. The second kappa shape index (κ2) is 6.11. The molecule has 0 aliphatic rings. The zero-order valence-corrected chi connectivity index (χ0v) is 12.8. The largest absolute Gasteiger partial charge is 0.323 e. The van der Waals surface area contributed by atoms with E-state index < -0.39 is 10.0 Å². The molecule has 3 N–H and O–H groups in total. The van der Waals surface area contributed by atoms with Gasteiger partial charge in [0.2, 0.25) is 0 Å². The van der Waals surface area contributed by atoms with Crippen molar-refractivity contribution in [3.63, 3.8) is 0 Å². The Hall–Kier alpha value is -2.12. The summed E-state index contributed by atoms with van der Waals surface area (Å²) in [5.74, 6) is 5.39. The molecule has 0 amide bonds. The van der Waals surface area contributed by atoms with Crippen LogP contribution in [-0.2, 0) is 10.0 Å². The highest BCUT2D eigenvalue weighted by atomic mass is 32.2. The van der Waals surface area contributed by atoms with Crippen molar-refractivity contribution >= 4 is 21.4 Å². The first-order valence-corrected chi connectivity index (χ1v) is 7.94. The molecule has 0 saturated heterocycles. The molecule has 1 aromatic heterocycles. The molecule has 1 aromatic carbocycles. The van der Waals surface area contributed by atoms with Gasteiger partial charge in [0, 0.05) is 18.9 Å². The topological polar surface area (TPSA) is 88.3 Å². The predicted molar refractivity (Wildman–Crippen MR) is 83.4 cm³/mol. The summed E-state index contributed by atoms with van der Waals surface area (Å²) < 4.78 is 27.0. The van der Waals surface area contributed by atoms with Gasteiger partial charge >= 0.3 is 0 Å². The summed E-state index contributed by atoms with van der Waals surface area (Å²) in [5, 5.41) is 0. The van der Waals surface area contributed by atoms with Gasteiger partial charge in [-0.05, 0) is 37.6 Å². The number of benzene rings is 1. The van der Waals surface area contributed by atoms with E-state index in [0.29, 0.717) is 17.9 Å². The fourth-order valence-electron chi connectivity index (χ4n) is 2.10. The second-order valence-electron chi connectivity index (χ2n) is 4.52. The summed E-state index contributed by atoms with van der Waals surface area (Å²) in [4.78, 5) is 3.94. The molecule has 0 bridgehead atoms. The molecule has 0 aliphatic carbocycles. The van der Waals surface area contributed by atoms with Crippen molar-refractivity contribution in [1.82, 2.24) is 4.98 Å². The molecule has 1 heterocycles. The van der Waals surface area contributed by atoms with Gasteiger partial charge < -0.3 is 5.43 Å². The minimum atomic E-state index is -3.74. The fourth-order valence-corrected chi connectivity index (χ4v) is 3.67. The lowest BCUT2D eigenvalue weighted by molar-refractivity contribution is 0.591. The summed E-state index contributed by atoms with van der Waals surface area (Å²) in [6, 6.07) is 8.86. The maximum Gasteiger partial charge on any atom is 0.267 e. The third kappa shape index (κ3) is 2.98. The van der Waals surface area contributed by atoms with E-state index in [1.165, 1.54) is 22.8 Å². The Labute approximate surface area is 124 Å². The minimum Gasteiger partial charge on any atom is -0.323 e. The smallest absolute Gasteiger partial charge is 0.267 e. The van der Waals surface area contributed by atoms with Crippen LogP contribution in [-0.4, -0.2) is 19.9 Å². The normalized spacial score (nSPS) is 11.2. The first kappa shape index (κ1) is 15.3. The lowest BCUT2D eigenvalue weighted by Gasteiger charge is -2.24. The number of pyridine rings is 1.